The Morgan fingerprint density at radius 1 is 1.71 bits per heavy atom. The predicted molar refractivity (Wildman–Crippen MR) is 63.0 cm³/mol. The molecule has 2 rings (SSSR count). The number of aryl methyl sites for hydroxylation is 1. The molecule has 1 aromatic rings. The Morgan fingerprint density at radius 3 is 3.14 bits per heavy atom. The van der Waals surface area contributed by atoms with Gasteiger partial charge in [-0.1, -0.05) is 6.92 Å². The number of ether oxygens (including phenoxy) is 1. The van der Waals surface area contributed by atoms with Gasteiger partial charge < -0.3 is 10.1 Å². The molecule has 1 aliphatic rings. The average Bonchev–Trinajstić information content (AvgIpc) is 2.61. The van der Waals surface area contributed by atoms with Gasteiger partial charge in [-0.3, -0.25) is 0 Å². The van der Waals surface area contributed by atoms with E-state index in [1.165, 1.54) is 14.2 Å². The van der Waals surface area contributed by atoms with Crippen molar-refractivity contribution < 1.29 is 4.74 Å². The first-order chi connectivity index (χ1) is 6.81. The summed E-state index contributed by atoms with van der Waals surface area (Å²) in [4.78, 5) is 2.81. The molecule has 1 N–H and O–H groups in total. The van der Waals surface area contributed by atoms with Gasteiger partial charge in [-0.05, 0) is 28.4 Å². The van der Waals surface area contributed by atoms with Crippen molar-refractivity contribution >= 4 is 27.3 Å². The number of morpholine rings is 1. The Kier molecular flexibility index (Phi) is 3.60. The summed E-state index contributed by atoms with van der Waals surface area (Å²) in [6.07, 6.45) is 1.10. The maximum Gasteiger partial charge on any atom is 0.0670 e. The summed E-state index contributed by atoms with van der Waals surface area (Å²) in [7, 11) is 0. The summed E-state index contributed by atoms with van der Waals surface area (Å²) in [6, 6.07) is 2.61. The molecule has 0 aliphatic carbocycles. The van der Waals surface area contributed by atoms with Crippen LogP contribution >= 0.6 is 27.3 Å². The van der Waals surface area contributed by atoms with E-state index in [2.05, 4.69) is 34.2 Å². The fourth-order valence-electron chi connectivity index (χ4n) is 1.59. The molecule has 0 unspecified atom stereocenters. The van der Waals surface area contributed by atoms with Crippen LogP contribution in [0.4, 0.5) is 0 Å². The van der Waals surface area contributed by atoms with Gasteiger partial charge >= 0.3 is 0 Å². The van der Waals surface area contributed by atoms with Crippen LogP contribution < -0.4 is 5.32 Å². The van der Waals surface area contributed by atoms with Crippen molar-refractivity contribution in [1.82, 2.24) is 5.32 Å². The maximum atomic E-state index is 5.45. The first-order valence-corrected chi connectivity index (χ1v) is 6.51. The summed E-state index contributed by atoms with van der Waals surface area (Å²) in [6.45, 7) is 4.78. The Hall–Kier alpha value is 0.100. The van der Waals surface area contributed by atoms with E-state index in [9.17, 15) is 0 Å². The smallest absolute Gasteiger partial charge is 0.0670 e. The monoisotopic (exact) mass is 275 g/mol. The Balaban J connectivity index is 2.14. The normalized spacial score (nSPS) is 22.6. The van der Waals surface area contributed by atoms with E-state index in [0.717, 1.165) is 26.2 Å². The molecule has 4 heteroatoms. The first-order valence-electron chi connectivity index (χ1n) is 4.90. The van der Waals surface area contributed by atoms with Crippen LogP contribution in [0.5, 0.6) is 0 Å². The van der Waals surface area contributed by atoms with Crippen LogP contribution in [-0.4, -0.2) is 19.8 Å². The van der Waals surface area contributed by atoms with Crippen LogP contribution in [-0.2, 0) is 11.2 Å². The van der Waals surface area contributed by atoms with Gasteiger partial charge in [0.25, 0.3) is 0 Å². The molecule has 14 heavy (non-hydrogen) atoms. The molecular weight excluding hydrogens is 262 g/mol. The van der Waals surface area contributed by atoms with Crippen molar-refractivity contribution in [2.24, 2.45) is 0 Å². The topological polar surface area (TPSA) is 21.3 Å². The number of hydrogen-bond acceptors (Lipinski definition) is 3. The van der Waals surface area contributed by atoms with Crippen LogP contribution in [0.25, 0.3) is 0 Å². The number of hydrogen-bond donors (Lipinski definition) is 1. The van der Waals surface area contributed by atoms with Gasteiger partial charge in [0.1, 0.15) is 0 Å². The summed E-state index contributed by atoms with van der Waals surface area (Å²) >= 11 is 5.46. The van der Waals surface area contributed by atoms with Crippen LogP contribution in [0, 0.1) is 0 Å². The minimum atomic E-state index is 0.394. The highest BCUT2D eigenvalue weighted by molar-refractivity contribution is 9.10. The summed E-state index contributed by atoms with van der Waals surface area (Å²) in [5.74, 6) is 0. The van der Waals surface area contributed by atoms with Gasteiger partial charge in [-0.15, -0.1) is 11.3 Å². The fourth-order valence-corrected chi connectivity index (χ4v) is 3.56. The Bertz CT molecular complexity index is 307. The van der Waals surface area contributed by atoms with Gasteiger partial charge in [-0.2, -0.15) is 0 Å². The molecule has 0 aromatic carbocycles. The molecular formula is C10H14BrNOS. The van der Waals surface area contributed by atoms with E-state index < -0.39 is 0 Å². The van der Waals surface area contributed by atoms with E-state index in [0.29, 0.717) is 6.04 Å². The minimum absolute atomic E-state index is 0.394. The van der Waals surface area contributed by atoms with Crippen LogP contribution in [0.15, 0.2) is 10.5 Å². The third kappa shape index (κ3) is 2.19. The second kappa shape index (κ2) is 4.75. The van der Waals surface area contributed by atoms with Gasteiger partial charge in [0.05, 0.1) is 19.3 Å². The molecule has 0 spiro atoms. The molecule has 1 fully saturated rings. The van der Waals surface area contributed by atoms with Crippen molar-refractivity contribution in [3.8, 4) is 0 Å². The highest BCUT2D eigenvalue weighted by atomic mass is 79.9. The summed E-state index contributed by atoms with van der Waals surface area (Å²) in [5, 5.41) is 3.46. The molecule has 1 atom stereocenters. The van der Waals surface area contributed by atoms with Crippen LogP contribution in [0.2, 0.25) is 0 Å². The molecule has 1 aliphatic heterocycles. The fraction of sp³-hybridized carbons (Fsp3) is 0.600. The zero-order chi connectivity index (χ0) is 9.97. The van der Waals surface area contributed by atoms with Crippen molar-refractivity contribution in [3.05, 3.63) is 20.3 Å². The Morgan fingerprint density at radius 2 is 2.57 bits per heavy atom. The zero-order valence-electron chi connectivity index (χ0n) is 8.18. The molecule has 0 bridgehead atoms. The average molecular weight is 276 g/mol. The molecule has 0 radical (unpaired) electrons. The first kappa shape index (κ1) is 10.6. The second-order valence-corrected chi connectivity index (χ2v) is 5.38. The van der Waals surface area contributed by atoms with Crippen molar-refractivity contribution in [1.29, 1.82) is 0 Å². The van der Waals surface area contributed by atoms with Gasteiger partial charge in [0.2, 0.25) is 0 Å². The lowest BCUT2D eigenvalue weighted by atomic mass is 10.2. The van der Waals surface area contributed by atoms with E-state index in [1.54, 1.807) is 0 Å². The molecule has 1 saturated heterocycles. The molecule has 0 saturated carbocycles. The third-order valence-corrected chi connectivity index (χ3v) is 4.73. The minimum Gasteiger partial charge on any atom is -0.378 e. The van der Waals surface area contributed by atoms with Crippen LogP contribution in [0.3, 0.4) is 0 Å². The molecule has 2 nitrogen and oxygen atoms in total. The second-order valence-electron chi connectivity index (χ2n) is 3.36. The van der Waals surface area contributed by atoms with E-state index in [1.807, 2.05) is 11.3 Å². The van der Waals surface area contributed by atoms with E-state index in [4.69, 9.17) is 4.74 Å². The predicted octanol–water partition coefficient (Wildman–Crippen LogP) is 2.73. The number of thiophene rings is 1. The lowest BCUT2D eigenvalue weighted by molar-refractivity contribution is 0.0779. The molecule has 78 valence electrons. The van der Waals surface area contributed by atoms with Crippen molar-refractivity contribution in [2.75, 3.05) is 19.8 Å². The lowest BCUT2D eigenvalue weighted by Gasteiger charge is -2.22. The van der Waals surface area contributed by atoms with E-state index >= 15 is 0 Å². The standard InChI is InChI=1S/C10H14BrNOS/c1-2-9-7(11)5-10(14-9)8-6-13-4-3-12-8/h5,8,12H,2-4,6H2,1H3/t8-/m0/s1. The van der Waals surface area contributed by atoms with Crippen molar-refractivity contribution in [3.63, 3.8) is 0 Å². The zero-order valence-corrected chi connectivity index (χ0v) is 10.6. The Labute approximate surface area is 96.8 Å². The summed E-state index contributed by atoms with van der Waals surface area (Å²) < 4.78 is 6.69. The number of rotatable bonds is 2. The summed E-state index contributed by atoms with van der Waals surface area (Å²) in [5.41, 5.74) is 0. The van der Waals surface area contributed by atoms with Crippen molar-refractivity contribution in [2.45, 2.75) is 19.4 Å². The van der Waals surface area contributed by atoms with E-state index in [-0.39, 0.29) is 0 Å². The number of halogens is 1. The van der Waals surface area contributed by atoms with Crippen LogP contribution in [0.1, 0.15) is 22.7 Å². The lowest BCUT2D eigenvalue weighted by Crippen LogP contribution is -2.33. The highest BCUT2D eigenvalue weighted by Gasteiger charge is 2.18. The maximum absolute atomic E-state index is 5.45. The quantitative estimate of drug-likeness (QED) is 0.896. The molecule has 2 heterocycles. The molecule has 1 aromatic heterocycles. The highest BCUT2D eigenvalue weighted by Crippen LogP contribution is 2.32. The third-order valence-electron chi connectivity index (χ3n) is 2.36. The number of nitrogens with one attached hydrogen (secondary N) is 1. The molecule has 0 amide bonds. The van der Waals surface area contributed by atoms with Gasteiger partial charge in [0, 0.05) is 20.8 Å². The SMILES string of the molecule is CCc1sc([C@@H]2COCCN2)cc1Br. The van der Waals surface area contributed by atoms with Gasteiger partial charge in [0.15, 0.2) is 0 Å². The largest absolute Gasteiger partial charge is 0.378 e. The van der Waals surface area contributed by atoms with Gasteiger partial charge in [-0.25, -0.2) is 0 Å².